The molecule has 0 bridgehead atoms. The Morgan fingerprint density at radius 1 is 1.37 bits per heavy atom. The van der Waals surface area contributed by atoms with Gasteiger partial charge in [-0.15, -0.1) is 0 Å². The lowest BCUT2D eigenvalue weighted by Crippen LogP contribution is -2.35. The molecule has 0 aromatic heterocycles. The van der Waals surface area contributed by atoms with Crippen molar-refractivity contribution in [3.8, 4) is 0 Å². The summed E-state index contributed by atoms with van der Waals surface area (Å²) < 4.78 is 13.8. The molecular formula is C16H23BrFN. The Morgan fingerprint density at radius 3 is 2.95 bits per heavy atom. The van der Waals surface area contributed by atoms with Crippen molar-refractivity contribution < 1.29 is 4.39 Å². The van der Waals surface area contributed by atoms with Gasteiger partial charge in [-0.1, -0.05) is 25.8 Å². The molecule has 2 unspecified atom stereocenters. The molecule has 3 heteroatoms. The lowest BCUT2D eigenvalue weighted by atomic mass is 9.82. The Balaban J connectivity index is 1.89. The fraction of sp³-hybridized carbons (Fsp3) is 0.625. The molecule has 1 nitrogen and oxygen atoms in total. The minimum atomic E-state index is -0.171. The minimum absolute atomic E-state index is 0.171. The van der Waals surface area contributed by atoms with E-state index in [0.717, 1.165) is 18.9 Å². The van der Waals surface area contributed by atoms with Crippen LogP contribution < -0.4 is 5.32 Å². The molecule has 106 valence electrons. The molecule has 1 aliphatic carbocycles. The second-order valence-electron chi connectivity index (χ2n) is 5.64. The highest BCUT2D eigenvalue weighted by Gasteiger charge is 2.21. The van der Waals surface area contributed by atoms with Gasteiger partial charge in [-0.25, -0.2) is 4.39 Å². The van der Waals surface area contributed by atoms with Crippen LogP contribution in [0.3, 0.4) is 0 Å². The van der Waals surface area contributed by atoms with Crippen LogP contribution in [0.25, 0.3) is 0 Å². The molecule has 1 aromatic rings. The minimum Gasteiger partial charge on any atom is -0.314 e. The molecule has 2 atom stereocenters. The van der Waals surface area contributed by atoms with Gasteiger partial charge in [0.05, 0.1) is 4.47 Å². The number of benzene rings is 1. The summed E-state index contributed by atoms with van der Waals surface area (Å²) in [5, 5.41) is 3.64. The number of hydrogen-bond donors (Lipinski definition) is 1. The lowest BCUT2D eigenvalue weighted by Gasteiger charge is -2.30. The van der Waals surface area contributed by atoms with Gasteiger partial charge in [0, 0.05) is 6.04 Å². The van der Waals surface area contributed by atoms with Gasteiger partial charge in [0.1, 0.15) is 5.82 Å². The molecule has 0 heterocycles. The topological polar surface area (TPSA) is 12.0 Å². The lowest BCUT2D eigenvalue weighted by molar-refractivity contribution is 0.284. The highest BCUT2D eigenvalue weighted by Crippen LogP contribution is 2.28. The van der Waals surface area contributed by atoms with Gasteiger partial charge in [0.15, 0.2) is 0 Å². The average Bonchev–Trinajstić information content (AvgIpc) is 2.41. The van der Waals surface area contributed by atoms with Crippen LogP contribution >= 0.6 is 15.9 Å². The first-order valence-electron chi connectivity index (χ1n) is 7.36. The molecule has 1 saturated carbocycles. The molecule has 0 amide bonds. The number of rotatable bonds is 5. The van der Waals surface area contributed by atoms with Gasteiger partial charge in [-0.05, 0) is 71.8 Å². The van der Waals surface area contributed by atoms with E-state index in [0.29, 0.717) is 10.5 Å². The van der Waals surface area contributed by atoms with Crippen LogP contribution in [-0.2, 0) is 6.42 Å². The quantitative estimate of drug-likeness (QED) is 0.827. The summed E-state index contributed by atoms with van der Waals surface area (Å²) in [5.41, 5.74) is 1.24. The Morgan fingerprint density at radius 2 is 2.21 bits per heavy atom. The molecule has 1 aromatic carbocycles. The zero-order valence-corrected chi connectivity index (χ0v) is 13.2. The summed E-state index contributed by atoms with van der Waals surface area (Å²) in [6.07, 6.45) is 7.46. The van der Waals surface area contributed by atoms with Gasteiger partial charge in [0.2, 0.25) is 0 Å². The Bertz CT molecular complexity index is 408. The summed E-state index contributed by atoms with van der Waals surface area (Å²) in [4.78, 5) is 0. The summed E-state index contributed by atoms with van der Waals surface area (Å²) in [6.45, 7) is 3.34. The fourth-order valence-corrected chi connectivity index (χ4v) is 3.44. The predicted molar refractivity (Wildman–Crippen MR) is 81.8 cm³/mol. The third kappa shape index (κ3) is 4.57. The van der Waals surface area contributed by atoms with E-state index >= 15 is 0 Å². The number of hydrogen-bond acceptors (Lipinski definition) is 1. The Kier molecular flexibility index (Phi) is 5.83. The van der Waals surface area contributed by atoms with Gasteiger partial charge >= 0.3 is 0 Å². The van der Waals surface area contributed by atoms with E-state index in [-0.39, 0.29) is 5.82 Å². The Labute approximate surface area is 124 Å². The van der Waals surface area contributed by atoms with Crippen LogP contribution in [0.2, 0.25) is 0 Å². The summed E-state index contributed by atoms with van der Waals surface area (Å²) in [5.74, 6) is 0.565. The third-order valence-electron chi connectivity index (χ3n) is 3.97. The molecule has 0 aliphatic heterocycles. The normalized spacial score (nSPS) is 23.5. The van der Waals surface area contributed by atoms with Crippen molar-refractivity contribution in [2.24, 2.45) is 5.92 Å². The number of nitrogens with one attached hydrogen (secondary N) is 1. The molecule has 1 N–H and O–H groups in total. The molecule has 19 heavy (non-hydrogen) atoms. The highest BCUT2D eigenvalue weighted by molar-refractivity contribution is 9.10. The van der Waals surface area contributed by atoms with E-state index in [4.69, 9.17) is 0 Å². The van der Waals surface area contributed by atoms with Crippen LogP contribution in [0.4, 0.5) is 4.39 Å². The van der Waals surface area contributed by atoms with Crippen molar-refractivity contribution in [2.45, 2.75) is 51.5 Å². The van der Waals surface area contributed by atoms with E-state index in [1.165, 1.54) is 37.7 Å². The summed E-state index contributed by atoms with van der Waals surface area (Å²) in [6, 6.07) is 6.10. The smallest absolute Gasteiger partial charge is 0.137 e. The largest absolute Gasteiger partial charge is 0.314 e. The zero-order chi connectivity index (χ0) is 13.7. The molecule has 0 radical (unpaired) electrons. The second-order valence-corrected chi connectivity index (χ2v) is 6.49. The van der Waals surface area contributed by atoms with Gasteiger partial charge in [0.25, 0.3) is 0 Å². The molecule has 1 aliphatic rings. The average molecular weight is 328 g/mol. The van der Waals surface area contributed by atoms with Crippen molar-refractivity contribution >= 4 is 15.9 Å². The van der Waals surface area contributed by atoms with Crippen LogP contribution in [0.5, 0.6) is 0 Å². The molecule has 0 spiro atoms. The van der Waals surface area contributed by atoms with E-state index in [2.05, 4.69) is 28.2 Å². The van der Waals surface area contributed by atoms with Crippen LogP contribution in [0.1, 0.15) is 44.6 Å². The number of halogens is 2. The van der Waals surface area contributed by atoms with Crippen molar-refractivity contribution in [2.75, 3.05) is 6.54 Å². The molecule has 1 fully saturated rings. The van der Waals surface area contributed by atoms with Gasteiger partial charge in [-0.2, -0.15) is 0 Å². The van der Waals surface area contributed by atoms with Crippen molar-refractivity contribution in [3.63, 3.8) is 0 Å². The predicted octanol–water partition coefficient (Wildman–Crippen LogP) is 4.69. The first-order valence-corrected chi connectivity index (χ1v) is 8.15. The maximum absolute atomic E-state index is 13.2. The first-order chi connectivity index (χ1) is 9.19. The fourth-order valence-electron chi connectivity index (χ4n) is 3.01. The van der Waals surface area contributed by atoms with E-state index in [1.807, 2.05) is 12.1 Å². The summed E-state index contributed by atoms with van der Waals surface area (Å²) >= 11 is 3.27. The first kappa shape index (κ1) is 15.0. The van der Waals surface area contributed by atoms with Crippen molar-refractivity contribution in [1.29, 1.82) is 0 Å². The Hall–Kier alpha value is -0.410. The van der Waals surface area contributed by atoms with Gasteiger partial charge < -0.3 is 5.32 Å². The van der Waals surface area contributed by atoms with Gasteiger partial charge in [-0.3, -0.25) is 0 Å². The van der Waals surface area contributed by atoms with Crippen LogP contribution in [-0.4, -0.2) is 12.6 Å². The van der Waals surface area contributed by atoms with Crippen molar-refractivity contribution in [1.82, 2.24) is 5.32 Å². The van der Waals surface area contributed by atoms with Crippen molar-refractivity contribution in [3.05, 3.63) is 34.1 Å². The standard InChI is InChI=1S/C16H23BrFN/c1-2-8-19-14-5-3-4-12(10-14)9-13-6-7-16(18)15(17)11-13/h6-7,11-12,14,19H,2-5,8-10H2,1H3. The van der Waals surface area contributed by atoms with Crippen LogP contribution in [0, 0.1) is 11.7 Å². The van der Waals surface area contributed by atoms with Crippen LogP contribution in [0.15, 0.2) is 22.7 Å². The monoisotopic (exact) mass is 327 g/mol. The summed E-state index contributed by atoms with van der Waals surface area (Å²) in [7, 11) is 0. The van der Waals surface area contributed by atoms with E-state index in [1.54, 1.807) is 6.07 Å². The third-order valence-corrected chi connectivity index (χ3v) is 4.58. The zero-order valence-electron chi connectivity index (χ0n) is 11.6. The molecule has 2 rings (SSSR count). The SMILES string of the molecule is CCCNC1CCCC(Cc2ccc(F)c(Br)c2)C1. The molecular weight excluding hydrogens is 305 g/mol. The van der Waals surface area contributed by atoms with E-state index < -0.39 is 0 Å². The van der Waals surface area contributed by atoms with E-state index in [9.17, 15) is 4.39 Å². The highest BCUT2D eigenvalue weighted by atomic mass is 79.9. The second kappa shape index (κ2) is 7.39. The maximum atomic E-state index is 13.2. The molecule has 0 saturated heterocycles. The maximum Gasteiger partial charge on any atom is 0.137 e.